The molecule has 1 atom stereocenters. The van der Waals surface area contributed by atoms with Gasteiger partial charge in [-0.25, -0.2) is 0 Å². The lowest BCUT2D eigenvalue weighted by Crippen LogP contribution is -2.20. The van der Waals surface area contributed by atoms with Crippen LogP contribution in [-0.4, -0.2) is 25.2 Å². The van der Waals surface area contributed by atoms with Crippen LogP contribution in [0.3, 0.4) is 0 Å². The lowest BCUT2D eigenvalue weighted by molar-refractivity contribution is -0.151. The molecule has 1 aromatic carbocycles. The van der Waals surface area contributed by atoms with Crippen molar-refractivity contribution in [1.29, 1.82) is 0 Å². The van der Waals surface area contributed by atoms with Crippen molar-refractivity contribution in [3.63, 3.8) is 0 Å². The fourth-order valence-corrected chi connectivity index (χ4v) is 1.93. The molecule has 0 amide bonds. The van der Waals surface area contributed by atoms with E-state index in [1.165, 1.54) is 0 Å². The Hall–Kier alpha value is -1.03. The van der Waals surface area contributed by atoms with Gasteiger partial charge in [-0.05, 0) is 31.6 Å². The third-order valence-corrected chi connectivity index (χ3v) is 2.66. The first-order valence-corrected chi connectivity index (χ1v) is 5.65. The van der Waals surface area contributed by atoms with E-state index in [9.17, 15) is 13.2 Å². The van der Waals surface area contributed by atoms with E-state index in [0.29, 0.717) is 12.1 Å². The number of hydrogen-bond donors (Lipinski definition) is 0. The van der Waals surface area contributed by atoms with Crippen LogP contribution < -0.4 is 0 Å². The molecule has 0 saturated heterocycles. The van der Waals surface area contributed by atoms with Gasteiger partial charge in [0.1, 0.15) is 0 Å². The molecule has 0 fully saturated rings. The Labute approximate surface area is 100 Å². The van der Waals surface area contributed by atoms with Gasteiger partial charge in [0.25, 0.3) is 0 Å². The number of halogens is 3. The van der Waals surface area contributed by atoms with Crippen molar-refractivity contribution >= 4 is 0 Å². The average molecular weight is 245 g/mol. The molecule has 1 unspecified atom stereocenters. The van der Waals surface area contributed by atoms with Crippen molar-refractivity contribution in [2.75, 3.05) is 14.1 Å². The zero-order valence-corrected chi connectivity index (χ0v) is 10.4. The molecule has 4 heteroatoms. The van der Waals surface area contributed by atoms with Gasteiger partial charge >= 0.3 is 6.18 Å². The van der Waals surface area contributed by atoms with Crippen LogP contribution in [0, 0.1) is 0 Å². The number of benzene rings is 1. The molecule has 0 spiro atoms. The molecular weight excluding hydrogens is 227 g/mol. The lowest BCUT2D eigenvalue weighted by atomic mass is 9.94. The van der Waals surface area contributed by atoms with Gasteiger partial charge in [-0.2, -0.15) is 13.2 Å². The summed E-state index contributed by atoms with van der Waals surface area (Å²) in [6, 6.07) is 6.76. The first-order valence-electron chi connectivity index (χ1n) is 5.65. The number of alkyl halides is 3. The molecule has 0 N–H and O–H groups in total. The second-order valence-electron chi connectivity index (χ2n) is 4.49. The van der Waals surface area contributed by atoms with Crippen molar-refractivity contribution in [3.05, 3.63) is 35.4 Å². The van der Waals surface area contributed by atoms with Gasteiger partial charge in [-0.1, -0.05) is 31.2 Å². The topological polar surface area (TPSA) is 3.24 Å². The molecule has 0 radical (unpaired) electrons. The largest absolute Gasteiger partial charge is 0.395 e. The van der Waals surface area contributed by atoms with Crippen molar-refractivity contribution in [2.45, 2.75) is 32.0 Å². The summed E-state index contributed by atoms with van der Waals surface area (Å²) >= 11 is 0. The standard InChI is InChI=1S/C13H18F3N/c1-4-12(13(14,15)16)11-7-5-6-10(8-11)9-17(2)3/h5-8,12H,4,9H2,1-3H3. The Kier molecular flexibility index (Phi) is 4.57. The maximum absolute atomic E-state index is 12.8. The highest BCUT2D eigenvalue weighted by molar-refractivity contribution is 5.27. The van der Waals surface area contributed by atoms with Crippen molar-refractivity contribution in [1.82, 2.24) is 4.90 Å². The van der Waals surface area contributed by atoms with Crippen LogP contribution in [0.4, 0.5) is 13.2 Å². The quantitative estimate of drug-likeness (QED) is 0.779. The van der Waals surface area contributed by atoms with Crippen LogP contribution in [-0.2, 0) is 6.54 Å². The molecule has 0 bridgehead atoms. The minimum absolute atomic E-state index is 0.0783. The smallest absolute Gasteiger partial charge is 0.305 e. The Morgan fingerprint density at radius 1 is 1.24 bits per heavy atom. The summed E-state index contributed by atoms with van der Waals surface area (Å²) < 4.78 is 38.4. The summed E-state index contributed by atoms with van der Waals surface area (Å²) in [7, 11) is 3.79. The van der Waals surface area contributed by atoms with E-state index in [2.05, 4.69) is 0 Å². The van der Waals surface area contributed by atoms with Gasteiger partial charge in [0.05, 0.1) is 5.92 Å². The van der Waals surface area contributed by atoms with E-state index in [-0.39, 0.29) is 6.42 Å². The van der Waals surface area contributed by atoms with Crippen LogP contribution in [0.1, 0.15) is 30.4 Å². The summed E-state index contributed by atoms with van der Waals surface area (Å²) in [5.74, 6) is -1.36. The first kappa shape index (κ1) is 14.0. The van der Waals surface area contributed by atoms with Crippen LogP contribution in [0.2, 0.25) is 0 Å². The third kappa shape index (κ3) is 4.04. The fraction of sp³-hybridized carbons (Fsp3) is 0.538. The molecule has 1 rings (SSSR count). The van der Waals surface area contributed by atoms with Crippen molar-refractivity contribution in [2.24, 2.45) is 0 Å². The van der Waals surface area contributed by atoms with Crippen molar-refractivity contribution < 1.29 is 13.2 Å². The number of rotatable bonds is 4. The third-order valence-electron chi connectivity index (χ3n) is 2.66. The van der Waals surface area contributed by atoms with Gasteiger partial charge in [-0.15, -0.1) is 0 Å². The van der Waals surface area contributed by atoms with Gasteiger partial charge < -0.3 is 4.90 Å². The van der Waals surface area contributed by atoms with Crippen LogP contribution in [0.5, 0.6) is 0 Å². The van der Waals surface area contributed by atoms with Gasteiger partial charge in [-0.3, -0.25) is 0 Å². The summed E-state index contributed by atoms with van der Waals surface area (Å²) in [6.07, 6.45) is -4.08. The molecular formula is C13H18F3N. The Balaban J connectivity index is 2.97. The highest BCUT2D eigenvalue weighted by Gasteiger charge is 2.39. The number of nitrogens with zero attached hydrogens (tertiary/aromatic N) is 1. The second kappa shape index (κ2) is 5.54. The summed E-state index contributed by atoms with van der Waals surface area (Å²) in [6.45, 7) is 2.22. The molecule has 0 aliphatic heterocycles. The Morgan fingerprint density at radius 3 is 2.35 bits per heavy atom. The predicted octanol–water partition coefficient (Wildman–Crippen LogP) is 3.80. The molecule has 17 heavy (non-hydrogen) atoms. The van der Waals surface area contributed by atoms with Crippen molar-refractivity contribution in [3.8, 4) is 0 Å². The average Bonchev–Trinajstić information content (AvgIpc) is 2.15. The Morgan fingerprint density at radius 2 is 1.88 bits per heavy atom. The van der Waals surface area contributed by atoms with Gasteiger partial charge in [0.2, 0.25) is 0 Å². The van der Waals surface area contributed by atoms with E-state index in [1.807, 2.05) is 25.1 Å². The highest BCUT2D eigenvalue weighted by atomic mass is 19.4. The Bertz CT molecular complexity index is 358. The second-order valence-corrected chi connectivity index (χ2v) is 4.49. The maximum Gasteiger partial charge on any atom is 0.395 e. The summed E-state index contributed by atoms with van der Waals surface area (Å²) in [5.41, 5.74) is 1.27. The minimum Gasteiger partial charge on any atom is -0.305 e. The monoisotopic (exact) mass is 245 g/mol. The molecule has 0 aliphatic rings. The normalized spacial score (nSPS) is 14.1. The van der Waals surface area contributed by atoms with Crippen LogP contribution in [0.15, 0.2) is 24.3 Å². The molecule has 96 valence electrons. The van der Waals surface area contributed by atoms with Gasteiger partial charge in [0.15, 0.2) is 0 Å². The van der Waals surface area contributed by atoms with E-state index in [1.54, 1.807) is 25.1 Å². The predicted molar refractivity (Wildman–Crippen MR) is 62.9 cm³/mol. The summed E-state index contributed by atoms with van der Waals surface area (Å²) in [5, 5.41) is 0. The summed E-state index contributed by atoms with van der Waals surface area (Å²) in [4.78, 5) is 1.94. The molecule has 0 aliphatic carbocycles. The lowest BCUT2D eigenvalue weighted by Gasteiger charge is -2.20. The molecule has 0 heterocycles. The highest BCUT2D eigenvalue weighted by Crippen LogP contribution is 2.37. The maximum atomic E-state index is 12.8. The van der Waals surface area contributed by atoms with E-state index >= 15 is 0 Å². The SMILES string of the molecule is CCC(c1cccc(CN(C)C)c1)C(F)(F)F. The zero-order valence-electron chi connectivity index (χ0n) is 10.4. The van der Waals surface area contributed by atoms with Gasteiger partial charge in [0, 0.05) is 6.54 Å². The number of hydrogen-bond acceptors (Lipinski definition) is 1. The first-order chi connectivity index (χ1) is 7.84. The molecule has 0 saturated carbocycles. The van der Waals surface area contributed by atoms with E-state index < -0.39 is 12.1 Å². The molecule has 0 aromatic heterocycles. The fourth-order valence-electron chi connectivity index (χ4n) is 1.93. The molecule has 1 nitrogen and oxygen atoms in total. The zero-order chi connectivity index (χ0) is 13.1. The van der Waals surface area contributed by atoms with Crippen LogP contribution in [0.25, 0.3) is 0 Å². The minimum atomic E-state index is -4.16. The van der Waals surface area contributed by atoms with E-state index in [4.69, 9.17) is 0 Å². The molecule has 1 aromatic rings. The van der Waals surface area contributed by atoms with Crippen LogP contribution >= 0.6 is 0 Å². The van der Waals surface area contributed by atoms with E-state index in [0.717, 1.165) is 5.56 Å².